The normalized spacial score (nSPS) is 32.6. The van der Waals surface area contributed by atoms with Crippen LogP contribution in [0.1, 0.15) is 46.0 Å². The third kappa shape index (κ3) is 3.43. The van der Waals surface area contributed by atoms with Crippen molar-refractivity contribution in [2.45, 2.75) is 64.1 Å². The van der Waals surface area contributed by atoms with Gasteiger partial charge in [0.05, 0.1) is 11.9 Å². The second kappa shape index (κ2) is 6.83. The fourth-order valence-electron chi connectivity index (χ4n) is 4.59. The lowest BCUT2D eigenvalue weighted by Crippen LogP contribution is -2.72. The largest absolute Gasteiger partial charge is 0.377 e. The van der Waals surface area contributed by atoms with Crippen LogP contribution in [-0.4, -0.2) is 57.7 Å². The molecule has 2 aliphatic carbocycles. The summed E-state index contributed by atoms with van der Waals surface area (Å²) in [6.07, 6.45) is 7.23. The van der Waals surface area contributed by atoms with Gasteiger partial charge in [-0.1, -0.05) is 6.42 Å². The van der Waals surface area contributed by atoms with Crippen molar-refractivity contribution in [1.29, 1.82) is 0 Å². The zero-order chi connectivity index (χ0) is 17.4. The van der Waals surface area contributed by atoms with Crippen LogP contribution < -0.4 is 10.6 Å². The summed E-state index contributed by atoms with van der Waals surface area (Å²) in [7, 11) is -2.93. The third-order valence-electron chi connectivity index (χ3n) is 5.95. The summed E-state index contributed by atoms with van der Waals surface area (Å²) in [5.74, 6) is 1.62. The summed E-state index contributed by atoms with van der Waals surface area (Å²) in [5, 5.41) is 7.05. The number of rotatable bonds is 6. The smallest absolute Gasteiger partial charge is 0.191 e. The van der Waals surface area contributed by atoms with Crippen molar-refractivity contribution in [3.05, 3.63) is 0 Å². The Morgan fingerprint density at radius 3 is 2.75 bits per heavy atom. The zero-order valence-corrected chi connectivity index (χ0v) is 15.9. The van der Waals surface area contributed by atoms with Crippen molar-refractivity contribution in [2.75, 3.05) is 25.2 Å². The van der Waals surface area contributed by atoms with Crippen LogP contribution in [0.15, 0.2) is 4.99 Å². The van der Waals surface area contributed by atoms with Gasteiger partial charge in [0.25, 0.3) is 0 Å². The van der Waals surface area contributed by atoms with Gasteiger partial charge in [-0.25, -0.2) is 8.42 Å². The number of nitrogens with one attached hydrogen (secondary N) is 2. The van der Waals surface area contributed by atoms with Crippen molar-refractivity contribution < 1.29 is 13.2 Å². The van der Waals surface area contributed by atoms with Gasteiger partial charge in [0, 0.05) is 42.8 Å². The highest BCUT2D eigenvalue weighted by Crippen LogP contribution is 2.62. The molecule has 3 aliphatic rings. The number of aliphatic imine (C=N–C) groups is 1. The fourth-order valence-corrected chi connectivity index (χ4v) is 5.37. The Labute approximate surface area is 145 Å². The maximum atomic E-state index is 11.3. The predicted molar refractivity (Wildman–Crippen MR) is 96.0 cm³/mol. The molecule has 1 saturated heterocycles. The molecule has 1 heterocycles. The molecule has 138 valence electrons. The van der Waals surface area contributed by atoms with Crippen molar-refractivity contribution in [3.8, 4) is 0 Å². The molecule has 24 heavy (non-hydrogen) atoms. The number of hydrogen-bond donors (Lipinski definition) is 2. The van der Waals surface area contributed by atoms with Gasteiger partial charge in [0.15, 0.2) is 5.96 Å². The Morgan fingerprint density at radius 1 is 1.42 bits per heavy atom. The molecule has 1 spiro atoms. The number of fused-ring (bicyclic) bond motifs is 2. The Hall–Kier alpha value is -0.820. The van der Waals surface area contributed by atoms with Crippen molar-refractivity contribution in [3.63, 3.8) is 0 Å². The van der Waals surface area contributed by atoms with Gasteiger partial charge < -0.3 is 15.4 Å². The van der Waals surface area contributed by atoms with E-state index in [0.717, 1.165) is 19.0 Å². The lowest BCUT2D eigenvalue weighted by atomic mass is 9.46. The van der Waals surface area contributed by atoms with Gasteiger partial charge >= 0.3 is 0 Å². The van der Waals surface area contributed by atoms with Gasteiger partial charge in [0.2, 0.25) is 0 Å². The van der Waals surface area contributed by atoms with Crippen LogP contribution in [0.5, 0.6) is 0 Å². The summed E-state index contributed by atoms with van der Waals surface area (Å²) in [6.45, 7) is 5.62. The Kier molecular flexibility index (Phi) is 5.12. The highest BCUT2D eigenvalue weighted by molar-refractivity contribution is 7.90. The van der Waals surface area contributed by atoms with E-state index in [9.17, 15) is 8.42 Å². The van der Waals surface area contributed by atoms with Crippen LogP contribution in [0, 0.1) is 11.3 Å². The monoisotopic (exact) mass is 357 g/mol. The minimum Gasteiger partial charge on any atom is -0.377 e. The fraction of sp³-hybridized carbons (Fsp3) is 0.941. The first-order valence-corrected chi connectivity index (χ1v) is 11.3. The number of guanidine groups is 1. The lowest BCUT2D eigenvalue weighted by Gasteiger charge is -2.63. The molecule has 3 fully saturated rings. The first kappa shape index (κ1) is 18.0. The van der Waals surface area contributed by atoms with E-state index in [2.05, 4.69) is 15.6 Å². The third-order valence-corrected chi connectivity index (χ3v) is 6.93. The first-order valence-electron chi connectivity index (χ1n) is 9.22. The summed E-state index contributed by atoms with van der Waals surface area (Å²) in [6, 6.07) is 0.518. The minimum absolute atomic E-state index is 0.0746. The molecule has 7 heteroatoms. The molecule has 2 N–H and O–H groups in total. The molecule has 0 aromatic rings. The Bertz CT molecular complexity index is 586. The molecule has 0 bridgehead atoms. The molecule has 0 radical (unpaired) electrons. The second-order valence-electron chi connectivity index (χ2n) is 7.74. The highest BCUT2D eigenvalue weighted by Gasteiger charge is 2.66. The van der Waals surface area contributed by atoms with E-state index in [1.807, 2.05) is 13.8 Å². The quantitative estimate of drug-likeness (QED) is 0.554. The summed E-state index contributed by atoms with van der Waals surface area (Å²) in [4.78, 5) is 4.57. The predicted octanol–water partition coefficient (Wildman–Crippen LogP) is 1.32. The molecule has 3 rings (SSSR count). The van der Waals surface area contributed by atoms with E-state index in [0.29, 0.717) is 36.4 Å². The van der Waals surface area contributed by atoms with Crippen molar-refractivity contribution >= 4 is 15.8 Å². The van der Waals surface area contributed by atoms with E-state index in [1.54, 1.807) is 0 Å². The topological polar surface area (TPSA) is 79.8 Å². The maximum absolute atomic E-state index is 11.3. The summed E-state index contributed by atoms with van der Waals surface area (Å²) < 4.78 is 28.7. The SMILES string of the molecule is CCN=C(NC(C)CCS(C)(=O)=O)NC1C2CCOC2C12CCC2. The molecule has 4 atom stereocenters. The number of sulfone groups is 1. The highest BCUT2D eigenvalue weighted by atomic mass is 32.2. The first-order chi connectivity index (χ1) is 11.4. The van der Waals surface area contributed by atoms with Gasteiger partial charge in [-0.15, -0.1) is 0 Å². The summed E-state index contributed by atoms with van der Waals surface area (Å²) in [5.41, 5.74) is 0.313. The van der Waals surface area contributed by atoms with Gasteiger partial charge in [-0.2, -0.15) is 0 Å². The minimum atomic E-state index is -2.93. The van der Waals surface area contributed by atoms with Crippen LogP contribution >= 0.6 is 0 Å². The van der Waals surface area contributed by atoms with Crippen molar-refractivity contribution in [2.24, 2.45) is 16.3 Å². The molecular formula is C17H31N3O3S. The van der Waals surface area contributed by atoms with Crippen LogP contribution in [-0.2, 0) is 14.6 Å². The zero-order valence-electron chi connectivity index (χ0n) is 15.0. The molecule has 0 aromatic heterocycles. The Balaban J connectivity index is 1.59. The molecule has 0 amide bonds. The lowest BCUT2D eigenvalue weighted by molar-refractivity contribution is -0.171. The van der Waals surface area contributed by atoms with E-state index in [-0.39, 0.29) is 11.8 Å². The van der Waals surface area contributed by atoms with Gasteiger partial charge in [0.1, 0.15) is 9.84 Å². The van der Waals surface area contributed by atoms with E-state index < -0.39 is 9.84 Å². The van der Waals surface area contributed by atoms with E-state index in [1.165, 1.54) is 25.5 Å². The second-order valence-corrected chi connectivity index (χ2v) is 10.00. The number of hydrogen-bond acceptors (Lipinski definition) is 4. The van der Waals surface area contributed by atoms with E-state index in [4.69, 9.17) is 4.74 Å². The molecule has 4 unspecified atom stereocenters. The average Bonchev–Trinajstić information content (AvgIpc) is 2.85. The summed E-state index contributed by atoms with van der Waals surface area (Å²) >= 11 is 0. The van der Waals surface area contributed by atoms with Crippen molar-refractivity contribution in [1.82, 2.24) is 10.6 Å². The van der Waals surface area contributed by atoms with Gasteiger partial charge in [-0.05, 0) is 39.5 Å². The molecule has 1 aliphatic heterocycles. The Morgan fingerprint density at radius 2 is 2.17 bits per heavy atom. The maximum Gasteiger partial charge on any atom is 0.191 e. The van der Waals surface area contributed by atoms with E-state index >= 15 is 0 Å². The standard InChI is InChI=1S/C17H31N3O3S/c1-4-18-16(19-12(2)7-11-24(3,21)22)20-14-13-6-10-23-15(13)17(14)8-5-9-17/h12-15H,4-11H2,1-3H3,(H2,18,19,20). The molecule has 2 saturated carbocycles. The van der Waals surface area contributed by atoms with Crippen LogP contribution in [0.25, 0.3) is 0 Å². The van der Waals surface area contributed by atoms with Crippen LogP contribution in [0.2, 0.25) is 0 Å². The van der Waals surface area contributed by atoms with Crippen LogP contribution in [0.4, 0.5) is 0 Å². The molecular weight excluding hydrogens is 326 g/mol. The molecule has 6 nitrogen and oxygen atoms in total. The number of ether oxygens (including phenoxy) is 1. The van der Waals surface area contributed by atoms with Crippen LogP contribution in [0.3, 0.4) is 0 Å². The molecule has 0 aromatic carbocycles. The number of nitrogens with zero attached hydrogens (tertiary/aromatic N) is 1. The van der Waals surface area contributed by atoms with Gasteiger partial charge in [-0.3, -0.25) is 4.99 Å². The average molecular weight is 358 g/mol.